The maximum Gasteiger partial charge on any atom is 0.408 e. The lowest BCUT2D eigenvalue weighted by atomic mass is 9.92. The number of benzene rings is 1. The summed E-state index contributed by atoms with van der Waals surface area (Å²) in [5.41, 5.74) is 3.66. The smallest absolute Gasteiger partial charge is 0.408 e. The van der Waals surface area contributed by atoms with Crippen LogP contribution in [0.5, 0.6) is 0 Å². The molecular formula is C33H44N6O4. The van der Waals surface area contributed by atoms with E-state index in [1.54, 1.807) is 0 Å². The lowest BCUT2D eigenvalue weighted by molar-refractivity contribution is -0.139. The van der Waals surface area contributed by atoms with E-state index in [0.717, 1.165) is 79.5 Å². The molecule has 2 aromatic heterocycles. The number of aryl methyl sites for hydroxylation is 1. The number of aliphatic carboxylic acids is 1. The topological polar surface area (TPSA) is 130 Å². The van der Waals surface area contributed by atoms with Gasteiger partial charge in [-0.05, 0) is 56.2 Å². The van der Waals surface area contributed by atoms with Gasteiger partial charge in [0.15, 0.2) is 0 Å². The van der Waals surface area contributed by atoms with Gasteiger partial charge in [0, 0.05) is 42.5 Å². The minimum atomic E-state index is -1.12. The van der Waals surface area contributed by atoms with Gasteiger partial charge in [-0.2, -0.15) is 0 Å². The molecule has 0 bridgehead atoms. The van der Waals surface area contributed by atoms with Crippen molar-refractivity contribution in [2.24, 2.45) is 5.92 Å². The highest BCUT2D eigenvalue weighted by molar-refractivity contribution is 5.79. The normalized spacial score (nSPS) is 14.4. The first-order valence-electron chi connectivity index (χ1n) is 15.3. The van der Waals surface area contributed by atoms with Crippen molar-refractivity contribution in [3.63, 3.8) is 0 Å². The van der Waals surface area contributed by atoms with Crippen molar-refractivity contribution >= 4 is 23.7 Å². The highest BCUT2D eigenvalue weighted by atomic mass is 16.5. The number of piperidine rings is 1. The van der Waals surface area contributed by atoms with Crippen LogP contribution in [0.25, 0.3) is 0 Å². The molecule has 0 aliphatic carbocycles. The second kappa shape index (κ2) is 15.9. The third-order valence-corrected chi connectivity index (χ3v) is 8.34. The number of carboxylic acids is 1. The van der Waals surface area contributed by atoms with Crippen LogP contribution < -0.4 is 15.5 Å². The van der Waals surface area contributed by atoms with Crippen LogP contribution in [0.4, 0.5) is 16.4 Å². The molecule has 3 N–H and O–H groups in total. The molecule has 10 heteroatoms. The number of nitrogens with zero attached hydrogens (tertiary/aromatic N) is 4. The average Bonchev–Trinajstić information content (AvgIpc) is 3.04. The number of carbonyl (C=O) groups is 2. The molecule has 10 nitrogen and oxygen atoms in total. The predicted octanol–water partition coefficient (Wildman–Crippen LogP) is 5.72. The van der Waals surface area contributed by atoms with Crippen molar-refractivity contribution in [3.05, 3.63) is 77.4 Å². The van der Waals surface area contributed by atoms with Gasteiger partial charge in [0.05, 0.1) is 0 Å². The standard InChI is InChI=1S/C33H44N6O4/c1-4-24(5-2)20-34-30-13-9-12-28(37-30)26-16-18-39(19-17-26)31-23(3)27(35-22-36-31)14-15-29(32(40)41)38-33(42)43-21-25-10-7-6-8-11-25/h6-13,22,24,26,29H,4-5,14-21H2,1-3H3,(H,34,37)(H,38,42)(H,40,41). The number of nitrogens with one attached hydrogen (secondary N) is 2. The summed E-state index contributed by atoms with van der Waals surface area (Å²) in [5, 5.41) is 15.7. The van der Waals surface area contributed by atoms with E-state index in [-0.39, 0.29) is 13.0 Å². The molecule has 0 radical (unpaired) electrons. The lowest BCUT2D eigenvalue weighted by Crippen LogP contribution is -2.41. The summed E-state index contributed by atoms with van der Waals surface area (Å²) in [6.45, 7) is 9.15. The number of alkyl carbamates (subject to hydrolysis) is 1. The highest BCUT2D eigenvalue weighted by Crippen LogP contribution is 2.31. The van der Waals surface area contributed by atoms with Crippen molar-refractivity contribution in [3.8, 4) is 0 Å². The zero-order chi connectivity index (χ0) is 30.6. The van der Waals surface area contributed by atoms with E-state index >= 15 is 0 Å². The first kappa shape index (κ1) is 31.7. The highest BCUT2D eigenvalue weighted by Gasteiger charge is 2.26. The Morgan fingerprint density at radius 2 is 1.79 bits per heavy atom. The number of aromatic nitrogens is 3. The van der Waals surface area contributed by atoms with Gasteiger partial charge in [-0.1, -0.05) is 63.1 Å². The van der Waals surface area contributed by atoms with Crippen LogP contribution in [-0.2, 0) is 22.6 Å². The SMILES string of the molecule is CCC(CC)CNc1cccc(C2CCN(c3ncnc(CCC(NC(=O)OCc4ccccc4)C(=O)O)c3C)CC2)n1. The van der Waals surface area contributed by atoms with Gasteiger partial charge in [0.25, 0.3) is 0 Å². The van der Waals surface area contributed by atoms with Gasteiger partial charge >= 0.3 is 12.1 Å². The second-order valence-corrected chi connectivity index (χ2v) is 11.2. The average molecular weight is 589 g/mol. The first-order valence-corrected chi connectivity index (χ1v) is 15.3. The number of carbonyl (C=O) groups excluding carboxylic acids is 1. The number of anilines is 2. The molecule has 230 valence electrons. The molecule has 1 fully saturated rings. The third-order valence-electron chi connectivity index (χ3n) is 8.34. The number of pyridine rings is 1. The van der Waals surface area contributed by atoms with Crippen molar-refractivity contribution < 1.29 is 19.4 Å². The van der Waals surface area contributed by atoms with E-state index in [4.69, 9.17) is 9.72 Å². The lowest BCUT2D eigenvalue weighted by Gasteiger charge is -2.33. The van der Waals surface area contributed by atoms with Gasteiger partial charge in [-0.25, -0.2) is 24.5 Å². The summed E-state index contributed by atoms with van der Waals surface area (Å²) in [6.07, 6.45) is 5.60. The van der Waals surface area contributed by atoms with Crippen molar-refractivity contribution in [2.75, 3.05) is 29.9 Å². The molecule has 4 rings (SSSR count). The Hall–Kier alpha value is -4.21. The fourth-order valence-corrected chi connectivity index (χ4v) is 5.48. The van der Waals surface area contributed by atoms with Gasteiger partial charge in [0.2, 0.25) is 0 Å². The van der Waals surface area contributed by atoms with E-state index in [2.05, 4.69) is 51.5 Å². The number of rotatable bonds is 14. The Labute approximate surface area is 254 Å². The number of hydrogen-bond acceptors (Lipinski definition) is 8. The Kier molecular flexibility index (Phi) is 11.7. The molecule has 1 aliphatic heterocycles. The minimum Gasteiger partial charge on any atom is -0.480 e. The van der Waals surface area contributed by atoms with Crippen molar-refractivity contribution in [2.45, 2.75) is 77.9 Å². The van der Waals surface area contributed by atoms with Gasteiger partial charge in [-0.3, -0.25) is 0 Å². The quantitative estimate of drug-likeness (QED) is 0.216. The molecule has 1 amide bonds. The molecule has 1 aromatic carbocycles. The maximum atomic E-state index is 12.3. The van der Waals surface area contributed by atoms with E-state index in [1.165, 1.54) is 6.33 Å². The number of carboxylic acid groups (broad SMARTS) is 1. The van der Waals surface area contributed by atoms with Crippen LogP contribution in [0.2, 0.25) is 0 Å². The van der Waals surface area contributed by atoms with Crippen LogP contribution >= 0.6 is 0 Å². The Bertz CT molecular complexity index is 1330. The molecule has 1 atom stereocenters. The van der Waals surface area contributed by atoms with E-state index in [9.17, 15) is 14.7 Å². The Morgan fingerprint density at radius 3 is 2.49 bits per heavy atom. The molecule has 1 unspecified atom stereocenters. The summed E-state index contributed by atoms with van der Waals surface area (Å²) < 4.78 is 5.21. The fraction of sp³-hybridized carbons (Fsp3) is 0.485. The van der Waals surface area contributed by atoms with E-state index < -0.39 is 18.1 Å². The zero-order valence-electron chi connectivity index (χ0n) is 25.5. The third kappa shape index (κ3) is 9.14. The van der Waals surface area contributed by atoms with Crippen molar-refractivity contribution in [1.82, 2.24) is 20.3 Å². The largest absolute Gasteiger partial charge is 0.480 e. The molecule has 3 heterocycles. The summed E-state index contributed by atoms with van der Waals surface area (Å²) in [4.78, 5) is 40.4. The molecule has 3 aromatic rings. The first-order chi connectivity index (χ1) is 20.9. The zero-order valence-corrected chi connectivity index (χ0v) is 25.5. The summed E-state index contributed by atoms with van der Waals surface area (Å²) >= 11 is 0. The molecular weight excluding hydrogens is 544 g/mol. The van der Waals surface area contributed by atoms with E-state index in [0.29, 0.717) is 18.3 Å². The van der Waals surface area contributed by atoms with Gasteiger partial charge in [0.1, 0.15) is 30.6 Å². The van der Waals surface area contributed by atoms with Crippen LogP contribution in [-0.4, -0.2) is 57.8 Å². The molecule has 0 spiro atoms. The summed E-state index contributed by atoms with van der Waals surface area (Å²) in [7, 11) is 0. The molecule has 1 saturated heterocycles. The van der Waals surface area contributed by atoms with Gasteiger partial charge in [-0.15, -0.1) is 0 Å². The van der Waals surface area contributed by atoms with Crippen LogP contribution in [0.15, 0.2) is 54.9 Å². The Balaban J connectivity index is 1.30. The number of amides is 1. The summed E-state index contributed by atoms with van der Waals surface area (Å²) in [5.74, 6) is 1.74. The maximum absolute atomic E-state index is 12.3. The van der Waals surface area contributed by atoms with Crippen LogP contribution in [0, 0.1) is 12.8 Å². The molecule has 0 saturated carbocycles. The van der Waals surface area contributed by atoms with Gasteiger partial charge < -0.3 is 25.4 Å². The monoisotopic (exact) mass is 588 g/mol. The van der Waals surface area contributed by atoms with Crippen molar-refractivity contribution in [1.29, 1.82) is 0 Å². The Morgan fingerprint density at radius 1 is 1.05 bits per heavy atom. The minimum absolute atomic E-state index is 0.0702. The number of hydrogen-bond donors (Lipinski definition) is 3. The predicted molar refractivity (Wildman–Crippen MR) is 167 cm³/mol. The fourth-order valence-electron chi connectivity index (χ4n) is 5.48. The molecule has 43 heavy (non-hydrogen) atoms. The second-order valence-electron chi connectivity index (χ2n) is 11.2. The van der Waals surface area contributed by atoms with E-state index in [1.807, 2.05) is 43.3 Å². The summed E-state index contributed by atoms with van der Waals surface area (Å²) in [6, 6.07) is 14.4. The van der Waals surface area contributed by atoms with Crippen LogP contribution in [0.1, 0.15) is 74.4 Å². The number of ether oxygens (including phenoxy) is 1. The molecule has 1 aliphatic rings. The van der Waals surface area contributed by atoms with Crippen LogP contribution in [0.3, 0.4) is 0 Å².